The molecule has 0 saturated carbocycles. The van der Waals surface area contributed by atoms with Crippen LogP contribution in [0.1, 0.15) is 552 Å². The number of benzene rings is 2. The molecule has 1 aliphatic rings. The zero-order valence-electron chi connectivity index (χ0n) is 74.4. The van der Waals surface area contributed by atoms with Gasteiger partial charge in [0.2, 0.25) is 11.4 Å². The van der Waals surface area contributed by atoms with Gasteiger partial charge in [-0.1, -0.05) is 489 Å². The van der Waals surface area contributed by atoms with Crippen LogP contribution in [0.15, 0.2) is 59.7 Å². The van der Waals surface area contributed by atoms with Gasteiger partial charge < -0.3 is 19.4 Å². The number of aryl methyl sites for hydroxylation is 2. The Balaban J connectivity index is 0.00000183. The summed E-state index contributed by atoms with van der Waals surface area (Å²) < 4.78 is 1.61. The van der Waals surface area contributed by atoms with E-state index in [1.165, 1.54) is 457 Å². The van der Waals surface area contributed by atoms with Crippen molar-refractivity contribution in [3.63, 3.8) is 0 Å². The summed E-state index contributed by atoms with van der Waals surface area (Å²) in [4.78, 5) is 0. The fourth-order valence-electron chi connectivity index (χ4n) is 16.2. The largest absolute Gasteiger partial charge is 2.00 e. The van der Waals surface area contributed by atoms with E-state index in [4.69, 9.17) is 0 Å². The van der Waals surface area contributed by atoms with Crippen molar-refractivity contribution < 1.29 is 21.2 Å². The minimum absolute atomic E-state index is 0. The van der Waals surface area contributed by atoms with E-state index in [9.17, 15) is 5.53 Å². The van der Waals surface area contributed by atoms with Gasteiger partial charge >= 0.3 is 16.5 Å². The van der Waals surface area contributed by atoms with Crippen molar-refractivity contribution in [2.24, 2.45) is 0 Å². The van der Waals surface area contributed by atoms with Crippen molar-refractivity contribution in [1.82, 2.24) is 0 Å². The first-order valence-electron chi connectivity index (χ1n) is 49.1. The Morgan fingerprint density at radius 3 is 0.633 bits per heavy atom. The molecule has 2 aromatic carbocycles. The summed E-state index contributed by atoms with van der Waals surface area (Å²) in [6.07, 6.45) is 105. The fraction of sp³-hybridized carbons (Fsp3) is 0.792. The van der Waals surface area contributed by atoms with E-state index in [0.717, 1.165) is 88.4 Å². The molecular weight excluding hydrogens is 1360 g/mol. The molecule has 109 heavy (non-hydrogen) atoms. The van der Waals surface area contributed by atoms with Crippen LogP contribution in [0.3, 0.4) is 0 Å². The molecule has 2 nitrogen and oxygen atoms in total. The number of hydrogen-bond acceptors (Lipinski definition) is 0. The van der Waals surface area contributed by atoms with E-state index in [1.54, 1.807) is 4.70 Å². The van der Waals surface area contributed by atoms with Gasteiger partial charge in [0.05, 0.1) is 0 Å². The molecule has 0 aliphatic carbocycles. The van der Waals surface area contributed by atoms with Crippen LogP contribution in [0.5, 0.6) is 0 Å². The summed E-state index contributed by atoms with van der Waals surface area (Å²) in [5.41, 5.74) is 22.2. The first-order chi connectivity index (χ1) is 53.5. The minimum Gasteiger partial charge on any atom is -0.493 e. The number of rotatable bonds is 76. The van der Waals surface area contributed by atoms with Crippen molar-refractivity contribution >= 4 is 11.4 Å². The molecule has 0 fully saturated rings. The van der Waals surface area contributed by atoms with E-state index in [-0.39, 0.29) is 16.5 Å². The topological polar surface area (TPSA) is 25.3 Å². The van der Waals surface area contributed by atoms with Crippen LogP contribution in [-0.4, -0.2) is 4.70 Å². The molecule has 0 spiro atoms. The van der Waals surface area contributed by atoms with E-state index >= 15 is 0 Å². The maximum Gasteiger partial charge on any atom is 2.00 e. The molecule has 0 radical (unpaired) electrons. The molecule has 1 aliphatic heterocycles. The SMILES string of the molecule is CCCCCCCCCC#CCCc1ccccc1C1=C(CCCCCC)C(CCCCCC)=C(c2ccccc2CCC#CCCCCCCCCC)[N+]1=[N-].[CH2-]CCCCCCCCCCCCCCCCCCCCCCCCC.[CH2-]CCCCCCCCCCCCCCCCCCCCCCCCC.[Ni+2]. The third-order valence-electron chi connectivity index (χ3n) is 23.3. The van der Waals surface area contributed by atoms with Gasteiger partial charge in [-0.2, -0.15) is 12.8 Å². The van der Waals surface area contributed by atoms with Gasteiger partial charge in [0.1, 0.15) is 0 Å². The van der Waals surface area contributed by atoms with Crippen LogP contribution < -0.4 is 0 Å². The molecule has 0 saturated heterocycles. The van der Waals surface area contributed by atoms with E-state index in [1.807, 2.05) is 0 Å². The minimum atomic E-state index is 0. The Labute approximate surface area is 695 Å². The number of allylic oxidation sites excluding steroid dienone is 2. The zero-order chi connectivity index (χ0) is 77.8. The quantitative estimate of drug-likeness (QED) is 0.0207. The van der Waals surface area contributed by atoms with E-state index < -0.39 is 0 Å². The fourth-order valence-corrected chi connectivity index (χ4v) is 16.2. The molecule has 3 heteroatoms. The Bertz CT molecular complexity index is 2200. The third-order valence-corrected chi connectivity index (χ3v) is 23.3. The summed E-state index contributed by atoms with van der Waals surface area (Å²) in [5, 5.41) is 0. The Kier molecular flexibility index (Phi) is 85.2. The number of nitrogens with zero attached hydrogens (tertiary/aromatic N) is 2. The average Bonchev–Trinajstić information content (AvgIpc) is 1.60. The van der Waals surface area contributed by atoms with Gasteiger partial charge in [0.15, 0.2) is 0 Å². The second-order valence-corrected chi connectivity index (χ2v) is 33.6. The van der Waals surface area contributed by atoms with Crippen molar-refractivity contribution in [1.29, 1.82) is 0 Å². The maximum atomic E-state index is 12.5. The van der Waals surface area contributed by atoms with Crippen molar-refractivity contribution in [3.8, 4) is 23.7 Å². The second-order valence-electron chi connectivity index (χ2n) is 33.6. The normalized spacial score (nSPS) is 11.9. The smallest absolute Gasteiger partial charge is 0.493 e. The summed E-state index contributed by atoms with van der Waals surface area (Å²) in [6, 6.07) is 17.6. The summed E-state index contributed by atoms with van der Waals surface area (Å²) >= 11 is 0. The van der Waals surface area contributed by atoms with Crippen LogP contribution in [0.2, 0.25) is 0 Å². The van der Waals surface area contributed by atoms with Gasteiger partial charge in [0, 0.05) is 48.0 Å². The summed E-state index contributed by atoms with van der Waals surface area (Å²) in [6.45, 7) is 21.6. The molecule has 3 rings (SSSR count). The molecule has 630 valence electrons. The van der Waals surface area contributed by atoms with Gasteiger partial charge in [0.25, 0.3) is 0 Å². The number of hydrogen-bond donors (Lipinski definition) is 0. The molecule has 0 amide bonds. The Hall–Kier alpha value is -2.87. The van der Waals surface area contributed by atoms with Crippen LogP contribution in [0, 0.1) is 37.5 Å². The van der Waals surface area contributed by atoms with Crippen LogP contribution >= 0.6 is 0 Å². The van der Waals surface area contributed by atoms with Gasteiger partial charge in [-0.25, -0.2) is 4.70 Å². The summed E-state index contributed by atoms with van der Waals surface area (Å²) in [7, 11) is 0. The molecule has 0 unspecified atom stereocenters. The summed E-state index contributed by atoms with van der Waals surface area (Å²) in [5.74, 6) is 14.0. The molecule has 1 heterocycles. The van der Waals surface area contributed by atoms with Crippen molar-refractivity contribution in [3.05, 3.63) is 101 Å². The maximum absolute atomic E-state index is 12.5. The van der Waals surface area contributed by atoms with E-state index in [0.29, 0.717) is 0 Å². The molecule has 0 aromatic heterocycles. The van der Waals surface area contributed by atoms with Crippen LogP contribution in [0.25, 0.3) is 16.9 Å². The standard InChI is InChI=1S/C54H80N2.2C26H53.Ni/c1-5-9-13-17-19-21-23-25-27-29-31-39-47-41-35-37-43-49(47)53-51(45-33-15-11-7-3)52(46-34-16-12-8-4)54(56(53)55)50-44-38-36-42-48(50)40-32-30-28-26-24-22-20-18-14-10-6-2;2*1-3-5-7-9-11-13-15-17-19-21-23-25-26-24-22-20-18-16-14-12-10-8-6-4-2;/h35-38,41-44H,5-26,31-34,39-40,45-46H2,1-4H3;2*1,3-26H2,2H3;/q;2*-1;+2. The van der Waals surface area contributed by atoms with Crippen LogP contribution in [0.4, 0.5) is 0 Å². The number of unbranched alkanes of at least 4 members (excludes halogenated alkanes) is 66. The van der Waals surface area contributed by atoms with Gasteiger partial charge in [-0.15, -0.1) is 23.7 Å². The van der Waals surface area contributed by atoms with Crippen molar-refractivity contribution in [2.75, 3.05) is 0 Å². The predicted octanol–water partition coefficient (Wildman–Crippen LogP) is 37.4. The Morgan fingerprint density at radius 1 is 0.229 bits per heavy atom. The predicted molar refractivity (Wildman–Crippen MR) is 489 cm³/mol. The van der Waals surface area contributed by atoms with Crippen LogP contribution in [-0.2, 0) is 29.3 Å². The van der Waals surface area contributed by atoms with Crippen molar-refractivity contribution in [2.45, 2.75) is 542 Å². The zero-order valence-corrected chi connectivity index (χ0v) is 75.4. The van der Waals surface area contributed by atoms with E-state index in [2.05, 4.69) is 128 Å². The van der Waals surface area contributed by atoms with Gasteiger partial charge in [-0.3, -0.25) is 0 Å². The second kappa shape index (κ2) is 87.5. The molecular formula is C106H186N2Ni. The molecule has 0 N–H and O–H groups in total. The van der Waals surface area contributed by atoms with Gasteiger partial charge in [-0.05, 0) is 74.6 Å². The first kappa shape index (κ1) is 106. The Morgan fingerprint density at radius 2 is 0.413 bits per heavy atom. The third kappa shape index (κ3) is 65.0. The first-order valence-corrected chi connectivity index (χ1v) is 49.1. The molecule has 2 aromatic rings. The average molecular weight is 1550 g/mol. The molecule has 0 bridgehead atoms. The monoisotopic (exact) mass is 1550 g/mol. The molecule has 0 atom stereocenters.